The van der Waals surface area contributed by atoms with Gasteiger partial charge in [-0.25, -0.2) is 4.79 Å². The van der Waals surface area contributed by atoms with Gasteiger partial charge in [0.1, 0.15) is 0 Å². The molecule has 0 heterocycles. The molecule has 1 radical (unpaired) electrons. The summed E-state index contributed by atoms with van der Waals surface area (Å²) in [5.74, 6) is 0.823. The van der Waals surface area contributed by atoms with E-state index in [-0.39, 0.29) is 6.61 Å². The van der Waals surface area contributed by atoms with Gasteiger partial charge >= 0.3 is 5.97 Å². The summed E-state index contributed by atoms with van der Waals surface area (Å²) in [4.78, 5) is 11.7. The van der Waals surface area contributed by atoms with Crippen LogP contribution < -0.4 is 14.2 Å². The third kappa shape index (κ3) is 3.06. The molecule has 0 saturated heterocycles. The molecule has 0 bridgehead atoms. The number of hydrogen-bond acceptors (Lipinski definition) is 5. The Morgan fingerprint density at radius 3 is 2.06 bits per heavy atom. The number of rotatable bonds is 6. The zero-order chi connectivity index (χ0) is 13.5. The third-order valence-corrected chi connectivity index (χ3v) is 2.28. The fraction of sp³-hybridized carbons (Fsp3) is 0.385. The molecule has 0 atom stereocenters. The second-order valence-electron chi connectivity index (χ2n) is 3.40. The van der Waals surface area contributed by atoms with Gasteiger partial charge in [0, 0.05) is 0 Å². The maximum atomic E-state index is 11.7. The van der Waals surface area contributed by atoms with Gasteiger partial charge in [0.2, 0.25) is 5.75 Å². The van der Waals surface area contributed by atoms with Crippen LogP contribution in [0.1, 0.15) is 16.8 Å². The van der Waals surface area contributed by atoms with Gasteiger partial charge in [0.25, 0.3) is 0 Å². The molecule has 0 aliphatic rings. The van der Waals surface area contributed by atoms with Crippen molar-refractivity contribution in [2.75, 3.05) is 27.9 Å². The first-order valence-electron chi connectivity index (χ1n) is 5.44. The van der Waals surface area contributed by atoms with Crippen molar-refractivity contribution >= 4 is 5.97 Å². The van der Waals surface area contributed by atoms with Crippen molar-refractivity contribution < 1.29 is 23.7 Å². The maximum Gasteiger partial charge on any atom is 0.338 e. The summed E-state index contributed by atoms with van der Waals surface area (Å²) in [5, 5.41) is 0. The minimum absolute atomic E-state index is 0.273. The molecule has 0 N–H and O–H groups in total. The normalized spacial score (nSPS) is 9.78. The Balaban J connectivity index is 3.10. The van der Waals surface area contributed by atoms with Gasteiger partial charge in [-0.05, 0) is 25.5 Å². The molecule has 1 aromatic rings. The van der Waals surface area contributed by atoms with Crippen molar-refractivity contribution in [3.8, 4) is 17.2 Å². The maximum absolute atomic E-state index is 11.7. The molecule has 0 aliphatic carbocycles. The van der Waals surface area contributed by atoms with Gasteiger partial charge in [-0.1, -0.05) is 0 Å². The highest BCUT2D eigenvalue weighted by atomic mass is 16.5. The van der Waals surface area contributed by atoms with E-state index in [1.54, 1.807) is 12.1 Å². The molecule has 99 valence electrons. The highest BCUT2D eigenvalue weighted by Crippen LogP contribution is 2.38. The van der Waals surface area contributed by atoms with Crippen molar-refractivity contribution in [3.63, 3.8) is 0 Å². The summed E-state index contributed by atoms with van der Waals surface area (Å²) in [6, 6.07) is 3.10. The fourth-order valence-electron chi connectivity index (χ4n) is 1.45. The average molecular weight is 253 g/mol. The first kappa shape index (κ1) is 14.2. The Hall–Kier alpha value is -1.91. The largest absolute Gasteiger partial charge is 0.493 e. The van der Waals surface area contributed by atoms with Crippen molar-refractivity contribution in [2.24, 2.45) is 0 Å². The Morgan fingerprint density at radius 1 is 1.11 bits per heavy atom. The summed E-state index contributed by atoms with van der Waals surface area (Å²) >= 11 is 0. The molecule has 5 heteroatoms. The summed E-state index contributed by atoms with van der Waals surface area (Å²) < 4.78 is 20.5. The highest BCUT2D eigenvalue weighted by Gasteiger charge is 2.17. The van der Waals surface area contributed by atoms with Crippen LogP contribution in [0.3, 0.4) is 0 Å². The van der Waals surface area contributed by atoms with Crippen LogP contribution in [0.15, 0.2) is 12.1 Å². The molecule has 18 heavy (non-hydrogen) atoms. The Bertz CT molecular complexity index is 389. The zero-order valence-electron chi connectivity index (χ0n) is 10.8. The van der Waals surface area contributed by atoms with Crippen LogP contribution >= 0.6 is 0 Å². The lowest BCUT2D eigenvalue weighted by Crippen LogP contribution is -2.07. The van der Waals surface area contributed by atoms with Gasteiger partial charge in [-0.15, -0.1) is 0 Å². The molecule has 0 aromatic heterocycles. The SMILES string of the molecule is [CH2]CCOC(=O)c1cc(OC)c(OC)c(OC)c1. The van der Waals surface area contributed by atoms with Crippen LogP contribution in [0, 0.1) is 6.92 Å². The minimum atomic E-state index is -0.446. The topological polar surface area (TPSA) is 54.0 Å². The molecular formula is C13H17O5. The van der Waals surface area contributed by atoms with Gasteiger partial charge in [-0.3, -0.25) is 0 Å². The van der Waals surface area contributed by atoms with Crippen LogP contribution in [0.25, 0.3) is 0 Å². The van der Waals surface area contributed by atoms with Crippen LogP contribution in [0.2, 0.25) is 0 Å². The highest BCUT2D eigenvalue weighted by molar-refractivity contribution is 5.91. The molecule has 1 rings (SSSR count). The molecule has 0 amide bonds. The predicted octanol–water partition coefficient (Wildman–Crippen LogP) is 2.09. The lowest BCUT2D eigenvalue weighted by molar-refractivity contribution is 0.0510. The molecule has 1 aromatic carbocycles. The number of esters is 1. The molecule has 5 nitrogen and oxygen atoms in total. The average Bonchev–Trinajstić information content (AvgIpc) is 2.42. The minimum Gasteiger partial charge on any atom is -0.493 e. The van der Waals surface area contributed by atoms with Crippen LogP contribution in [-0.4, -0.2) is 33.9 Å². The standard InChI is InChI=1S/C13H17O5/c1-5-6-18-13(14)9-7-10(15-2)12(17-4)11(8-9)16-3/h7-8H,1,5-6H2,2-4H3. The molecule has 0 aliphatic heterocycles. The number of hydrogen-bond donors (Lipinski definition) is 0. The van der Waals surface area contributed by atoms with Crippen molar-refractivity contribution in [1.29, 1.82) is 0 Å². The molecule has 0 spiro atoms. The summed E-state index contributed by atoms with van der Waals surface area (Å²) in [7, 11) is 4.48. The lowest BCUT2D eigenvalue weighted by Gasteiger charge is -2.13. The molecule has 0 unspecified atom stereocenters. The number of ether oxygens (including phenoxy) is 4. The van der Waals surface area contributed by atoms with E-state index >= 15 is 0 Å². The summed E-state index contributed by atoms with van der Waals surface area (Å²) in [6.07, 6.45) is 0.524. The number of carbonyl (C=O) groups is 1. The predicted molar refractivity (Wildman–Crippen MR) is 66.4 cm³/mol. The number of benzene rings is 1. The second kappa shape index (κ2) is 6.74. The van der Waals surface area contributed by atoms with Crippen LogP contribution in [0.4, 0.5) is 0 Å². The monoisotopic (exact) mass is 253 g/mol. The van der Waals surface area contributed by atoms with Crippen molar-refractivity contribution in [2.45, 2.75) is 6.42 Å². The van der Waals surface area contributed by atoms with Crippen molar-refractivity contribution in [1.82, 2.24) is 0 Å². The molecular weight excluding hydrogens is 236 g/mol. The second-order valence-corrected chi connectivity index (χ2v) is 3.40. The van der Waals surface area contributed by atoms with E-state index in [2.05, 4.69) is 6.92 Å². The molecule has 0 saturated carbocycles. The Kier molecular flexibility index (Phi) is 5.30. The van der Waals surface area contributed by atoms with Gasteiger partial charge in [-0.2, -0.15) is 0 Å². The zero-order valence-corrected chi connectivity index (χ0v) is 10.8. The molecule has 0 fully saturated rings. The fourth-order valence-corrected chi connectivity index (χ4v) is 1.45. The Labute approximate surface area is 107 Å². The van der Waals surface area contributed by atoms with Crippen LogP contribution in [-0.2, 0) is 4.74 Å². The van der Waals surface area contributed by atoms with E-state index in [0.29, 0.717) is 29.2 Å². The quantitative estimate of drug-likeness (QED) is 0.727. The van der Waals surface area contributed by atoms with E-state index in [9.17, 15) is 4.79 Å². The smallest absolute Gasteiger partial charge is 0.338 e. The van der Waals surface area contributed by atoms with E-state index in [1.807, 2.05) is 0 Å². The van der Waals surface area contributed by atoms with Crippen molar-refractivity contribution in [3.05, 3.63) is 24.6 Å². The van der Waals surface area contributed by atoms with Crippen LogP contribution in [0.5, 0.6) is 17.2 Å². The third-order valence-electron chi connectivity index (χ3n) is 2.28. The van der Waals surface area contributed by atoms with E-state index in [1.165, 1.54) is 21.3 Å². The summed E-state index contributed by atoms with van der Waals surface area (Å²) in [5.41, 5.74) is 0.345. The number of carbonyl (C=O) groups excluding carboxylic acids is 1. The van der Waals surface area contributed by atoms with Gasteiger partial charge in [0.05, 0.1) is 33.5 Å². The van der Waals surface area contributed by atoms with E-state index in [0.717, 1.165) is 0 Å². The van der Waals surface area contributed by atoms with E-state index in [4.69, 9.17) is 18.9 Å². The van der Waals surface area contributed by atoms with E-state index < -0.39 is 5.97 Å². The Morgan fingerprint density at radius 2 is 1.67 bits per heavy atom. The number of methoxy groups -OCH3 is 3. The van der Waals surface area contributed by atoms with Gasteiger partial charge < -0.3 is 18.9 Å². The summed E-state index contributed by atoms with van der Waals surface area (Å²) in [6.45, 7) is 3.87. The first-order chi connectivity index (χ1) is 8.67. The first-order valence-corrected chi connectivity index (χ1v) is 5.44. The van der Waals surface area contributed by atoms with Gasteiger partial charge in [0.15, 0.2) is 11.5 Å². The lowest BCUT2D eigenvalue weighted by atomic mass is 10.2.